The normalized spacial score (nSPS) is 17.0. The fourth-order valence-electron chi connectivity index (χ4n) is 4.46. The summed E-state index contributed by atoms with van der Waals surface area (Å²) in [5.74, 6) is -0.150. The number of nitrogens with zero attached hydrogens (tertiary/aromatic N) is 4. The number of pyridine rings is 1. The summed E-state index contributed by atoms with van der Waals surface area (Å²) in [5, 5.41) is 12.6. The van der Waals surface area contributed by atoms with Gasteiger partial charge < -0.3 is 15.8 Å². The summed E-state index contributed by atoms with van der Waals surface area (Å²) in [5.41, 5.74) is 7.02. The third kappa shape index (κ3) is 6.17. The number of anilines is 2. The molecule has 0 bridgehead atoms. The molecule has 1 aliphatic rings. The van der Waals surface area contributed by atoms with E-state index in [2.05, 4.69) is 25.0 Å². The molecule has 4 N–H and O–H groups in total. The Morgan fingerprint density at radius 3 is 2.60 bits per heavy atom. The predicted octanol–water partition coefficient (Wildman–Crippen LogP) is 4.82. The molecule has 1 aliphatic carbocycles. The number of nitrogens with two attached hydrogens (primary N) is 1. The number of rotatable bonds is 8. The zero-order valence-electron chi connectivity index (χ0n) is 21.3. The van der Waals surface area contributed by atoms with Crippen LogP contribution in [-0.2, 0) is 10.0 Å². The van der Waals surface area contributed by atoms with Gasteiger partial charge in [0.15, 0.2) is 11.6 Å². The molecule has 0 spiro atoms. The highest BCUT2D eigenvalue weighted by atomic mass is 32.2. The number of nitriles is 1. The van der Waals surface area contributed by atoms with Gasteiger partial charge in [-0.15, -0.1) is 0 Å². The maximum Gasteiger partial charge on any atom is 0.263 e. The third-order valence-electron chi connectivity index (χ3n) is 6.52. The Bertz CT molecular complexity index is 1670. The second kappa shape index (κ2) is 11.6. The van der Waals surface area contributed by atoms with E-state index in [4.69, 9.17) is 10.5 Å². The van der Waals surface area contributed by atoms with Crippen molar-refractivity contribution < 1.29 is 17.5 Å². The van der Waals surface area contributed by atoms with E-state index >= 15 is 4.39 Å². The summed E-state index contributed by atoms with van der Waals surface area (Å²) in [6.45, 7) is 0. The zero-order valence-corrected chi connectivity index (χ0v) is 22.1. The van der Waals surface area contributed by atoms with Crippen molar-refractivity contribution in [3.8, 4) is 28.8 Å². The van der Waals surface area contributed by atoms with Gasteiger partial charge in [0.2, 0.25) is 5.95 Å². The minimum absolute atomic E-state index is 0.0216. The molecule has 2 heterocycles. The van der Waals surface area contributed by atoms with Gasteiger partial charge in [-0.2, -0.15) is 5.26 Å². The van der Waals surface area contributed by atoms with E-state index in [0.29, 0.717) is 23.0 Å². The molecular formula is C28H26FN7O3S. The Morgan fingerprint density at radius 2 is 1.82 bits per heavy atom. The number of nitrogens with one attached hydrogen (secondary N) is 2. The molecular weight excluding hydrogens is 533 g/mol. The molecule has 40 heavy (non-hydrogen) atoms. The molecule has 1 fully saturated rings. The first-order valence-electron chi connectivity index (χ1n) is 12.6. The van der Waals surface area contributed by atoms with Crippen LogP contribution >= 0.6 is 0 Å². The summed E-state index contributed by atoms with van der Waals surface area (Å²) in [4.78, 5) is 12.9. The van der Waals surface area contributed by atoms with Crippen LogP contribution in [0, 0.1) is 17.1 Å². The van der Waals surface area contributed by atoms with Crippen molar-refractivity contribution >= 4 is 21.7 Å². The van der Waals surface area contributed by atoms with Crippen LogP contribution in [0.5, 0.6) is 11.5 Å². The minimum atomic E-state index is -4.12. The predicted molar refractivity (Wildman–Crippen MR) is 148 cm³/mol. The van der Waals surface area contributed by atoms with E-state index in [9.17, 15) is 13.7 Å². The van der Waals surface area contributed by atoms with Crippen molar-refractivity contribution in [2.24, 2.45) is 5.73 Å². The number of benzene rings is 2. The molecule has 0 atom stereocenters. The smallest absolute Gasteiger partial charge is 0.263 e. The van der Waals surface area contributed by atoms with Crippen LogP contribution in [0.25, 0.3) is 11.3 Å². The van der Waals surface area contributed by atoms with Crippen molar-refractivity contribution in [3.05, 3.63) is 84.6 Å². The number of halogens is 1. The monoisotopic (exact) mass is 559 g/mol. The highest BCUT2D eigenvalue weighted by molar-refractivity contribution is 7.92. The van der Waals surface area contributed by atoms with Crippen LogP contribution in [0.3, 0.4) is 0 Å². The summed E-state index contributed by atoms with van der Waals surface area (Å²) in [6.07, 6.45) is 8.46. The summed E-state index contributed by atoms with van der Waals surface area (Å²) in [6, 6.07) is 15.0. The molecule has 12 heteroatoms. The second-order valence-corrected chi connectivity index (χ2v) is 11.0. The first kappa shape index (κ1) is 27.0. The van der Waals surface area contributed by atoms with E-state index in [-0.39, 0.29) is 34.0 Å². The van der Waals surface area contributed by atoms with Crippen molar-refractivity contribution in [2.75, 3.05) is 10.0 Å². The second-order valence-electron chi connectivity index (χ2n) is 9.35. The summed E-state index contributed by atoms with van der Waals surface area (Å²) in [7, 11) is -4.12. The minimum Gasteiger partial charge on any atom is -0.453 e. The highest BCUT2D eigenvalue weighted by Crippen LogP contribution is 2.34. The van der Waals surface area contributed by atoms with Crippen molar-refractivity contribution in [1.29, 1.82) is 5.26 Å². The lowest BCUT2D eigenvalue weighted by atomic mass is 9.92. The molecule has 0 saturated heterocycles. The molecule has 0 radical (unpaired) electrons. The van der Waals surface area contributed by atoms with E-state index < -0.39 is 15.8 Å². The molecule has 1 saturated carbocycles. The number of ether oxygens (including phenoxy) is 1. The quantitative estimate of drug-likeness (QED) is 0.275. The first-order chi connectivity index (χ1) is 19.3. The summed E-state index contributed by atoms with van der Waals surface area (Å²) >= 11 is 0. The van der Waals surface area contributed by atoms with Gasteiger partial charge >= 0.3 is 0 Å². The number of hydrogen-bond donors (Lipinski definition) is 3. The Morgan fingerprint density at radius 1 is 1.02 bits per heavy atom. The molecule has 0 amide bonds. The number of aromatic nitrogens is 3. The van der Waals surface area contributed by atoms with Gasteiger partial charge in [0.05, 0.1) is 22.5 Å². The molecule has 4 aromatic rings. The van der Waals surface area contributed by atoms with E-state index in [0.717, 1.165) is 31.7 Å². The van der Waals surface area contributed by atoms with Gasteiger partial charge in [0.1, 0.15) is 16.7 Å². The fraction of sp³-hybridized carbons (Fsp3) is 0.214. The summed E-state index contributed by atoms with van der Waals surface area (Å²) < 4.78 is 48.8. The van der Waals surface area contributed by atoms with Gasteiger partial charge in [-0.3, -0.25) is 9.71 Å². The Kier molecular flexibility index (Phi) is 7.86. The molecule has 0 unspecified atom stereocenters. The van der Waals surface area contributed by atoms with Crippen LogP contribution in [-0.4, -0.2) is 35.5 Å². The molecule has 10 nitrogen and oxygen atoms in total. The number of hydrogen-bond acceptors (Lipinski definition) is 9. The fourth-order valence-corrected chi connectivity index (χ4v) is 5.66. The third-order valence-corrected chi connectivity index (χ3v) is 7.96. The van der Waals surface area contributed by atoms with Crippen molar-refractivity contribution in [1.82, 2.24) is 15.0 Å². The van der Waals surface area contributed by atoms with Gasteiger partial charge in [-0.05, 0) is 62.1 Å². The zero-order chi connectivity index (χ0) is 28.1. The number of sulfonamides is 1. The molecule has 5 rings (SSSR count). The first-order valence-corrected chi connectivity index (χ1v) is 14.1. The van der Waals surface area contributed by atoms with Crippen molar-refractivity contribution in [2.45, 2.75) is 42.7 Å². The largest absolute Gasteiger partial charge is 0.453 e. The van der Waals surface area contributed by atoms with Gasteiger partial charge in [-0.25, -0.2) is 22.8 Å². The van der Waals surface area contributed by atoms with E-state index in [1.165, 1.54) is 36.5 Å². The Hall–Kier alpha value is -4.60. The van der Waals surface area contributed by atoms with Gasteiger partial charge in [0, 0.05) is 36.7 Å². The maximum absolute atomic E-state index is 15.1. The lowest BCUT2D eigenvalue weighted by molar-refractivity contribution is 0.410. The van der Waals surface area contributed by atoms with Crippen LogP contribution in [0.4, 0.5) is 16.0 Å². The molecule has 2 aromatic carbocycles. The van der Waals surface area contributed by atoms with Crippen LogP contribution in [0.15, 0.2) is 78.1 Å². The van der Waals surface area contributed by atoms with E-state index in [1.807, 2.05) is 6.07 Å². The standard InChI is InChI=1S/C28H26FN7O3S/c29-23-15-21(36-40(37,38)27-4-2-1-3-18(27)16-30)9-10-26(23)39-25-12-13-32-17-22(25)24-11-14-33-28(35-24)34-20-7-5-19(31)6-8-20/h1-4,9-15,17,19-20,36H,5-8,31H2,(H,33,34,35). The lowest BCUT2D eigenvalue weighted by Gasteiger charge is -2.26. The highest BCUT2D eigenvalue weighted by Gasteiger charge is 2.21. The van der Waals surface area contributed by atoms with Crippen LogP contribution in [0.2, 0.25) is 0 Å². The van der Waals surface area contributed by atoms with E-state index in [1.54, 1.807) is 30.6 Å². The molecule has 2 aromatic heterocycles. The molecule has 204 valence electrons. The Balaban J connectivity index is 1.34. The van der Waals surface area contributed by atoms with Crippen LogP contribution < -0.4 is 20.5 Å². The average Bonchev–Trinajstić information content (AvgIpc) is 2.96. The molecule has 0 aliphatic heterocycles. The maximum atomic E-state index is 15.1. The van der Waals surface area contributed by atoms with Crippen molar-refractivity contribution in [3.63, 3.8) is 0 Å². The average molecular weight is 560 g/mol. The topological polar surface area (TPSA) is 156 Å². The van der Waals surface area contributed by atoms with Gasteiger partial charge in [-0.1, -0.05) is 12.1 Å². The SMILES string of the molecule is N#Cc1ccccc1S(=O)(=O)Nc1ccc(Oc2ccncc2-c2ccnc(NC3CCC(N)CC3)n2)c(F)c1. The Labute approximate surface area is 231 Å². The van der Waals surface area contributed by atoms with Crippen LogP contribution in [0.1, 0.15) is 31.2 Å². The van der Waals surface area contributed by atoms with Gasteiger partial charge in [0.25, 0.3) is 10.0 Å². The lowest BCUT2D eigenvalue weighted by Crippen LogP contribution is -2.33.